The molecule has 148 valence electrons. The van der Waals surface area contributed by atoms with Gasteiger partial charge < -0.3 is 19.7 Å². The number of rotatable bonds is 5. The quantitative estimate of drug-likeness (QED) is 0.605. The first-order chi connectivity index (χ1) is 13.4. The van der Waals surface area contributed by atoms with Crippen LogP contribution in [0, 0.1) is 11.6 Å². The van der Waals surface area contributed by atoms with Crippen molar-refractivity contribution >= 4 is 34.9 Å². The number of hydrogen-bond donors (Lipinski definition) is 1. The molecule has 9 heteroatoms. The molecule has 1 aliphatic rings. The molecule has 1 amide bonds. The lowest BCUT2D eigenvalue weighted by molar-refractivity contribution is -0.119. The summed E-state index contributed by atoms with van der Waals surface area (Å²) in [6.07, 6.45) is 0. The number of hydrogen-bond acceptors (Lipinski definition) is 5. The number of morpholine rings is 1. The molecule has 1 N–H and O–H groups in total. The van der Waals surface area contributed by atoms with Crippen LogP contribution in [0.3, 0.4) is 0 Å². The van der Waals surface area contributed by atoms with Gasteiger partial charge in [-0.15, -0.1) is 0 Å². The first-order valence-corrected chi connectivity index (χ1v) is 8.86. The van der Waals surface area contributed by atoms with Crippen molar-refractivity contribution in [1.29, 1.82) is 0 Å². The maximum atomic E-state index is 13.2. The minimum atomic E-state index is -1.24. The summed E-state index contributed by atoms with van der Waals surface area (Å²) < 4.78 is 36.4. The Balaban J connectivity index is 1.53. The van der Waals surface area contributed by atoms with Gasteiger partial charge in [0.2, 0.25) is 0 Å². The van der Waals surface area contributed by atoms with Gasteiger partial charge in [-0.1, -0.05) is 11.6 Å². The van der Waals surface area contributed by atoms with E-state index in [0.29, 0.717) is 31.0 Å². The summed E-state index contributed by atoms with van der Waals surface area (Å²) >= 11 is 5.70. The number of benzene rings is 2. The third kappa shape index (κ3) is 4.96. The van der Waals surface area contributed by atoms with Gasteiger partial charge in [0.05, 0.1) is 23.8 Å². The zero-order valence-corrected chi connectivity index (χ0v) is 15.5. The zero-order valence-electron chi connectivity index (χ0n) is 14.7. The molecule has 2 aromatic carbocycles. The molecule has 0 atom stereocenters. The Kier molecular flexibility index (Phi) is 6.43. The molecule has 0 spiro atoms. The molecule has 0 bridgehead atoms. The largest absolute Gasteiger partial charge is 0.452 e. The van der Waals surface area contributed by atoms with E-state index < -0.39 is 30.1 Å². The van der Waals surface area contributed by atoms with E-state index in [-0.39, 0.29) is 10.6 Å². The topological polar surface area (TPSA) is 67.9 Å². The molecule has 28 heavy (non-hydrogen) atoms. The number of ether oxygens (including phenoxy) is 2. The van der Waals surface area contributed by atoms with Crippen LogP contribution in [0.2, 0.25) is 5.02 Å². The third-order valence-electron chi connectivity index (χ3n) is 4.09. The van der Waals surface area contributed by atoms with Gasteiger partial charge in [-0.2, -0.15) is 0 Å². The molecule has 1 fully saturated rings. The lowest BCUT2D eigenvalue weighted by Crippen LogP contribution is -2.36. The minimum Gasteiger partial charge on any atom is -0.452 e. The molecule has 0 radical (unpaired) electrons. The number of esters is 1. The van der Waals surface area contributed by atoms with Crippen LogP contribution in [0.25, 0.3) is 0 Å². The van der Waals surface area contributed by atoms with Gasteiger partial charge in [0.25, 0.3) is 5.91 Å². The van der Waals surface area contributed by atoms with Crippen molar-refractivity contribution < 1.29 is 27.8 Å². The number of carbonyl (C=O) groups excluding carboxylic acids is 2. The molecule has 1 aliphatic heterocycles. The van der Waals surface area contributed by atoms with Crippen molar-refractivity contribution in [3.8, 4) is 0 Å². The van der Waals surface area contributed by atoms with E-state index in [4.69, 9.17) is 21.1 Å². The Labute approximate surface area is 165 Å². The number of halogens is 3. The number of nitrogens with zero attached hydrogens (tertiary/aromatic N) is 1. The first kappa shape index (κ1) is 20.0. The summed E-state index contributed by atoms with van der Waals surface area (Å²) in [5.41, 5.74) is 1.19. The van der Waals surface area contributed by atoms with Crippen molar-refractivity contribution in [2.24, 2.45) is 0 Å². The van der Waals surface area contributed by atoms with Crippen LogP contribution in [-0.2, 0) is 14.3 Å². The van der Waals surface area contributed by atoms with E-state index in [1.165, 1.54) is 0 Å². The summed E-state index contributed by atoms with van der Waals surface area (Å²) in [5.74, 6) is -4.02. The van der Waals surface area contributed by atoms with Crippen molar-refractivity contribution in [1.82, 2.24) is 0 Å². The minimum absolute atomic E-state index is 0.303. The van der Waals surface area contributed by atoms with Crippen LogP contribution in [0.5, 0.6) is 0 Å². The number of anilines is 2. The van der Waals surface area contributed by atoms with Crippen LogP contribution < -0.4 is 10.2 Å². The molecule has 3 rings (SSSR count). The Morgan fingerprint density at radius 2 is 1.75 bits per heavy atom. The average Bonchev–Trinajstić information content (AvgIpc) is 2.70. The monoisotopic (exact) mass is 410 g/mol. The second-order valence-electron chi connectivity index (χ2n) is 6.02. The highest BCUT2D eigenvalue weighted by Crippen LogP contribution is 2.21. The van der Waals surface area contributed by atoms with E-state index in [0.717, 1.165) is 18.8 Å². The van der Waals surface area contributed by atoms with Crippen molar-refractivity contribution in [3.05, 3.63) is 58.6 Å². The third-order valence-corrected chi connectivity index (χ3v) is 4.40. The molecule has 0 saturated carbocycles. The Bertz CT molecular complexity index is 871. The predicted molar refractivity (Wildman–Crippen MR) is 99.8 cm³/mol. The fourth-order valence-electron chi connectivity index (χ4n) is 2.66. The summed E-state index contributed by atoms with van der Waals surface area (Å²) in [6.45, 7) is 2.35. The Hall–Kier alpha value is -2.71. The predicted octanol–water partition coefficient (Wildman–Crippen LogP) is 3.25. The van der Waals surface area contributed by atoms with Crippen LogP contribution in [-0.4, -0.2) is 44.8 Å². The van der Waals surface area contributed by atoms with E-state index in [9.17, 15) is 18.4 Å². The zero-order chi connectivity index (χ0) is 20.1. The van der Waals surface area contributed by atoms with Crippen molar-refractivity contribution in [3.63, 3.8) is 0 Å². The average molecular weight is 411 g/mol. The Morgan fingerprint density at radius 1 is 1.11 bits per heavy atom. The fourth-order valence-corrected chi connectivity index (χ4v) is 2.89. The second-order valence-corrected chi connectivity index (χ2v) is 6.42. The van der Waals surface area contributed by atoms with Crippen LogP contribution in [0.15, 0.2) is 36.4 Å². The molecule has 0 aliphatic carbocycles. The van der Waals surface area contributed by atoms with Crippen LogP contribution in [0.4, 0.5) is 20.2 Å². The molecule has 2 aromatic rings. The molecule has 6 nitrogen and oxygen atoms in total. The van der Waals surface area contributed by atoms with Crippen LogP contribution >= 0.6 is 11.6 Å². The maximum Gasteiger partial charge on any atom is 0.340 e. The highest BCUT2D eigenvalue weighted by atomic mass is 35.5. The van der Waals surface area contributed by atoms with Gasteiger partial charge in [-0.3, -0.25) is 4.79 Å². The van der Waals surface area contributed by atoms with E-state index in [1.807, 2.05) is 12.1 Å². The van der Waals surface area contributed by atoms with Crippen molar-refractivity contribution in [2.75, 3.05) is 43.1 Å². The maximum absolute atomic E-state index is 13.2. The van der Waals surface area contributed by atoms with Gasteiger partial charge in [0, 0.05) is 24.5 Å². The lowest BCUT2D eigenvalue weighted by Gasteiger charge is -2.28. The highest BCUT2D eigenvalue weighted by Gasteiger charge is 2.17. The summed E-state index contributed by atoms with van der Waals surface area (Å²) in [5, 5.41) is 2.28. The summed E-state index contributed by atoms with van der Waals surface area (Å²) in [6, 6.07) is 8.50. The fraction of sp³-hybridized carbons (Fsp3) is 0.263. The summed E-state index contributed by atoms with van der Waals surface area (Å²) in [4.78, 5) is 26.0. The molecule has 1 saturated heterocycles. The van der Waals surface area contributed by atoms with Crippen LogP contribution in [0.1, 0.15) is 10.4 Å². The molecular formula is C19H17ClF2N2O4. The SMILES string of the molecule is O=C(COC(=O)c1cc(F)c(F)cc1Cl)Nc1ccc(N2CCOCC2)cc1. The Morgan fingerprint density at radius 3 is 2.43 bits per heavy atom. The molecular weight excluding hydrogens is 394 g/mol. The first-order valence-electron chi connectivity index (χ1n) is 8.48. The summed E-state index contributed by atoms with van der Waals surface area (Å²) in [7, 11) is 0. The van der Waals surface area contributed by atoms with Gasteiger partial charge in [-0.05, 0) is 36.4 Å². The van der Waals surface area contributed by atoms with E-state index in [2.05, 4.69) is 10.2 Å². The number of amides is 1. The molecule has 0 aromatic heterocycles. The van der Waals surface area contributed by atoms with E-state index >= 15 is 0 Å². The number of nitrogens with one attached hydrogen (secondary N) is 1. The normalized spacial score (nSPS) is 13.9. The van der Waals surface area contributed by atoms with E-state index in [1.54, 1.807) is 12.1 Å². The lowest BCUT2D eigenvalue weighted by atomic mass is 10.2. The van der Waals surface area contributed by atoms with Gasteiger partial charge in [0.1, 0.15) is 0 Å². The standard InChI is InChI=1S/C19H17ClF2N2O4/c20-15-10-17(22)16(21)9-14(15)19(26)28-11-18(25)23-12-1-3-13(4-2-12)24-5-7-27-8-6-24/h1-4,9-10H,5-8,11H2,(H,23,25). The second kappa shape index (κ2) is 8.99. The molecule has 1 heterocycles. The van der Waals surface area contributed by atoms with Gasteiger partial charge in [-0.25, -0.2) is 13.6 Å². The van der Waals surface area contributed by atoms with Crippen molar-refractivity contribution in [2.45, 2.75) is 0 Å². The highest BCUT2D eigenvalue weighted by molar-refractivity contribution is 6.33. The molecule has 0 unspecified atom stereocenters. The van der Waals surface area contributed by atoms with Gasteiger partial charge >= 0.3 is 5.97 Å². The van der Waals surface area contributed by atoms with Gasteiger partial charge in [0.15, 0.2) is 18.2 Å². The smallest absolute Gasteiger partial charge is 0.340 e. The number of carbonyl (C=O) groups is 2.